The molecule has 126 valence electrons. The topological polar surface area (TPSA) is 29.5 Å². The van der Waals surface area contributed by atoms with Crippen LogP contribution in [0.25, 0.3) is 6.08 Å². The van der Waals surface area contributed by atoms with Crippen LogP contribution in [-0.4, -0.2) is 37.2 Å². The monoisotopic (exact) mass is 327 g/mol. The van der Waals surface area contributed by atoms with Crippen LogP contribution in [0, 0.1) is 5.92 Å². The number of amides is 1. The molecule has 0 aromatic heterocycles. The fourth-order valence-electron chi connectivity index (χ4n) is 2.81. The number of piperidine rings is 1. The van der Waals surface area contributed by atoms with Crippen LogP contribution in [0.15, 0.2) is 24.8 Å². The van der Waals surface area contributed by atoms with E-state index in [1.54, 1.807) is 24.3 Å². The van der Waals surface area contributed by atoms with Gasteiger partial charge in [-0.15, -0.1) is 0 Å². The van der Waals surface area contributed by atoms with Gasteiger partial charge in [-0.2, -0.15) is 13.2 Å². The van der Waals surface area contributed by atoms with Crippen LogP contribution >= 0.6 is 0 Å². The van der Waals surface area contributed by atoms with Crippen molar-refractivity contribution in [1.29, 1.82) is 0 Å². The van der Waals surface area contributed by atoms with Gasteiger partial charge in [0.15, 0.2) is 0 Å². The van der Waals surface area contributed by atoms with Crippen LogP contribution in [0.1, 0.15) is 24.0 Å². The smallest absolute Gasteiger partial charge is 0.393 e. The van der Waals surface area contributed by atoms with Crippen LogP contribution in [0.4, 0.5) is 13.2 Å². The highest BCUT2D eigenvalue weighted by Crippen LogP contribution is 2.33. The maximum atomic E-state index is 12.9. The predicted octanol–water partition coefficient (Wildman–Crippen LogP) is 3.68. The molecular weight excluding hydrogens is 307 g/mol. The molecule has 1 aliphatic rings. The summed E-state index contributed by atoms with van der Waals surface area (Å²) >= 11 is 0. The van der Waals surface area contributed by atoms with Crippen molar-refractivity contribution in [2.24, 2.45) is 5.92 Å². The molecule has 3 nitrogen and oxygen atoms in total. The fourth-order valence-corrected chi connectivity index (χ4v) is 2.81. The van der Waals surface area contributed by atoms with Gasteiger partial charge < -0.3 is 9.64 Å². The molecule has 0 N–H and O–H groups in total. The van der Waals surface area contributed by atoms with Crippen LogP contribution in [-0.2, 0) is 11.2 Å². The lowest BCUT2D eigenvalue weighted by molar-refractivity contribution is -0.187. The first-order valence-corrected chi connectivity index (χ1v) is 7.49. The number of halogens is 3. The molecule has 1 amide bonds. The molecule has 0 aliphatic carbocycles. The molecule has 1 aliphatic heterocycles. The molecule has 2 rings (SSSR count). The van der Waals surface area contributed by atoms with E-state index in [0.29, 0.717) is 24.3 Å². The second-order valence-electron chi connectivity index (χ2n) is 5.67. The summed E-state index contributed by atoms with van der Waals surface area (Å²) in [6.07, 6.45) is -2.12. The van der Waals surface area contributed by atoms with E-state index in [0.717, 1.165) is 5.56 Å². The Balaban J connectivity index is 2.11. The number of nitrogens with zero attached hydrogens (tertiary/aromatic N) is 1. The van der Waals surface area contributed by atoms with E-state index in [-0.39, 0.29) is 25.3 Å². The third-order valence-corrected chi connectivity index (χ3v) is 4.12. The van der Waals surface area contributed by atoms with Gasteiger partial charge in [0.05, 0.1) is 19.4 Å². The van der Waals surface area contributed by atoms with Crippen LogP contribution in [0.2, 0.25) is 0 Å². The molecule has 1 heterocycles. The van der Waals surface area contributed by atoms with Gasteiger partial charge in [0.25, 0.3) is 0 Å². The first-order chi connectivity index (χ1) is 10.8. The summed E-state index contributed by atoms with van der Waals surface area (Å²) in [6, 6.07) is 5.31. The normalized spacial score (nSPS) is 18.6. The van der Waals surface area contributed by atoms with E-state index in [4.69, 9.17) is 4.74 Å². The fraction of sp³-hybridized carbons (Fsp3) is 0.471. The number of alkyl halides is 3. The zero-order valence-corrected chi connectivity index (χ0v) is 13.0. The number of likely N-dealkylation sites (tertiary alicyclic amines) is 1. The van der Waals surface area contributed by atoms with Crippen molar-refractivity contribution >= 4 is 12.0 Å². The maximum Gasteiger partial charge on any atom is 0.393 e. The number of carbonyl (C=O) groups excluding carboxylic acids is 1. The van der Waals surface area contributed by atoms with Gasteiger partial charge in [0.1, 0.15) is 5.75 Å². The molecule has 1 atom stereocenters. The molecule has 6 heteroatoms. The number of hydrogen-bond donors (Lipinski definition) is 0. The van der Waals surface area contributed by atoms with Gasteiger partial charge in [-0.05, 0) is 30.5 Å². The van der Waals surface area contributed by atoms with Gasteiger partial charge in [-0.1, -0.05) is 18.7 Å². The molecule has 1 aromatic carbocycles. The van der Waals surface area contributed by atoms with E-state index < -0.39 is 12.1 Å². The zero-order valence-electron chi connectivity index (χ0n) is 13.0. The van der Waals surface area contributed by atoms with Gasteiger partial charge in [0.2, 0.25) is 5.91 Å². The molecule has 1 aromatic rings. The van der Waals surface area contributed by atoms with Crippen molar-refractivity contribution in [2.75, 3.05) is 20.2 Å². The molecule has 1 fully saturated rings. The quantitative estimate of drug-likeness (QED) is 0.844. The van der Waals surface area contributed by atoms with Crippen molar-refractivity contribution in [3.05, 3.63) is 35.9 Å². The number of rotatable bonds is 4. The average Bonchev–Trinajstić information content (AvgIpc) is 2.54. The number of ether oxygens (including phenoxy) is 1. The largest absolute Gasteiger partial charge is 0.496 e. The highest BCUT2D eigenvalue weighted by molar-refractivity contribution is 5.80. The Bertz CT molecular complexity index is 584. The molecule has 0 radical (unpaired) electrons. The lowest BCUT2D eigenvalue weighted by Crippen LogP contribution is -2.45. The van der Waals surface area contributed by atoms with Gasteiger partial charge in [-0.3, -0.25) is 4.79 Å². The Hall–Kier alpha value is -1.98. The van der Waals surface area contributed by atoms with Gasteiger partial charge >= 0.3 is 6.18 Å². The van der Waals surface area contributed by atoms with Crippen molar-refractivity contribution in [3.8, 4) is 5.75 Å². The third kappa shape index (κ3) is 4.27. The van der Waals surface area contributed by atoms with Gasteiger partial charge in [0, 0.05) is 18.7 Å². The minimum atomic E-state index is -4.25. The second-order valence-corrected chi connectivity index (χ2v) is 5.67. The lowest BCUT2D eigenvalue weighted by atomic mass is 9.96. The van der Waals surface area contributed by atoms with E-state index in [1.807, 2.05) is 0 Å². The highest BCUT2D eigenvalue weighted by atomic mass is 19.4. The summed E-state index contributed by atoms with van der Waals surface area (Å²) in [6.45, 7) is 3.78. The minimum Gasteiger partial charge on any atom is -0.496 e. The molecule has 1 saturated heterocycles. The SMILES string of the molecule is C=Cc1ccc(OC)c(CC(=O)N2CCCC(C(F)(F)F)C2)c1. The molecule has 0 bridgehead atoms. The number of carbonyl (C=O) groups is 1. The lowest BCUT2D eigenvalue weighted by Gasteiger charge is -2.34. The predicted molar refractivity (Wildman–Crippen MR) is 82.1 cm³/mol. The van der Waals surface area contributed by atoms with Crippen molar-refractivity contribution < 1.29 is 22.7 Å². The Morgan fingerprint density at radius 3 is 2.83 bits per heavy atom. The molecule has 0 saturated carbocycles. The number of hydrogen-bond acceptors (Lipinski definition) is 2. The van der Waals surface area contributed by atoms with Crippen molar-refractivity contribution in [2.45, 2.75) is 25.4 Å². The molecular formula is C17H20F3NO2. The Labute approximate surface area is 133 Å². The first-order valence-electron chi connectivity index (χ1n) is 7.49. The summed E-state index contributed by atoms with van der Waals surface area (Å²) in [5.74, 6) is -1.19. The van der Waals surface area contributed by atoms with Gasteiger partial charge in [-0.25, -0.2) is 0 Å². The van der Waals surface area contributed by atoms with Crippen LogP contribution < -0.4 is 4.74 Å². The standard InChI is InChI=1S/C17H20F3NO2/c1-3-12-6-7-15(23-2)13(9-12)10-16(22)21-8-4-5-14(11-21)17(18,19)20/h3,6-7,9,14H,1,4-5,8,10-11H2,2H3. The first kappa shape index (κ1) is 17.4. The Kier molecular flexibility index (Phi) is 5.34. The maximum absolute atomic E-state index is 12.9. The van der Waals surface area contributed by atoms with Crippen molar-refractivity contribution in [1.82, 2.24) is 4.90 Å². The third-order valence-electron chi connectivity index (χ3n) is 4.12. The summed E-state index contributed by atoms with van der Waals surface area (Å²) < 4.78 is 43.8. The molecule has 23 heavy (non-hydrogen) atoms. The minimum absolute atomic E-state index is 0.0232. The highest BCUT2D eigenvalue weighted by Gasteiger charge is 2.42. The summed E-state index contributed by atoms with van der Waals surface area (Å²) in [5.41, 5.74) is 1.49. The Morgan fingerprint density at radius 2 is 2.22 bits per heavy atom. The summed E-state index contributed by atoms with van der Waals surface area (Å²) in [7, 11) is 1.50. The van der Waals surface area contributed by atoms with E-state index in [1.165, 1.54) is 12.0 Å². The molecule has 0 spiro atoms. The van der Waals surface area contributed by atoms with Crippen LogP contribution in [0.3, 0.4) is 0 Å². The summed E-state index contributed by atoms with van der Waals surface area (Å²) in [4.78, 5) is 13.7. The van der Waals surface area contributed by atoms with E-state index in [9.17, 15) is 18.0 Å². The van der Waals surface area contributed by atoms with E-state index in [2.05, 4.69) is 6.58 Å². The number of methoxy groups -OCH3 is 1. The average molecular weight is 327 g/mol. The van der Waals surface area contributed by atoms with Crippen LogP contribution in [0.5, 0.6) is 5.75 Å². The summed E-state index contributed by atoms with van der Waals surface area (Å²) in [5, 5.41) is 0. The Morgan fingerprint density at radius 1 is 1.48 bits per heavy atom. The second kappa shape index (κ2) is 7.06. The number of benzene rings is 1. The van der Waals surface area contributed by atoms with Crippen molar-refractivity contribution in [3.63, 3.8) is 0 Å². The van der Waals surface area contributed by atoms with E-state index >= 15 is 0 Å². The zero-order chi connectivity index (χ0) is 17.0. The molecule has 1 unspecified atom stereocenters.